The smallest absolute Gasteiger partial charge is 0.263 e. The fourth-order valence-electron chi connectivity index (χ4n) is 2.74. The average molecular weight is 411 g/mol. The van der Waals surface area contributed by atoms with Gasteiger partial charge in [-0.05, 0) is 36.8 Å². The molecule has 0 saturated carbocycles. The molecule has 0 aliphatic carbocycles. The van der Waals surface area contributed by atoms with Gasteiger partial charge >= 0.3 is 0 Å². The Labute approximate surface area is 163 Å². The lowest BCUT2D eigenvalue weighted by atomic mass is 10.1. The van der Waals surface area contributed by atoms with Gasteiger partial charge in [0.05, 0.1) is 30.5 Å². The molecule has 27 heavy (non-hydrogen) atoms. The molecule has 9 heteroatoms. The van der Waals surface area contributed by atoms with Crippen molar-refractivity contribution < 1.29 is 22.4 Å². The zero-order chi connectivity index (χ0) is 19.4. The molecule has 2 aromatic rings. The van der Waals surface area contributed by atoms with Gasteiger partial charge in [0, 0.05) is 12.3 Å². The monoisotopic (exact) mass is 410 g/mol. The Kier molecular flexibility index (Phi) is 6.01. The number of hydrogen-bond acceptors (Lipinski definition) is 6. The van der Waals surface area contributed by atoms with Crippen LogP contribution in [-0.2, 0) is 20.6 Å². The van der Waals surface area contributed by atoms with Gasteiger partial charge in [0.15, 0.2) is 6.10 Å². The number of carbonyl (C=O) groups excluding carboxylic acids is 1. The first-order valence-corrected chi connectivity index (χ1v) is 11.5. The summed E-state index contributed by atoms with van der Waals surface area (Å²) in [5.74, 6) is 2.40. The number of sulfonamides is 1. The Morgan fingerprint density at radius 2 is 2.19 bits per heavy atom. The molecule has 1 N–H and O–H groups in total. The van der Waals surface area contributed by atoms with Crippen molar-refractivity contribution in [3.05, 3.63) is 47.9 Å². The van der Waals surface area contributed by atoms with Crippen LogP contribution in [0.2, 0.25) is 0 Å². The number of hydrogen-bond donors (Lipinski definition) is 1. The Morgan fingerprint density at radius 3 is 2.89 bits per heavy atom. The van der Waals surface area contributed by atoms with Crippen molar-refractivity contribution in [3.63, 3.8) is 0 Å². The van der Waals surface area contributed by atoms with E-state index in [9.17, 15) is 13.2 Å². The zero-order valence-corrected chi connectivity index (χ0v) is 16.8. The van der Waals surface area contributed by atoms with Crippen LogP contribution < -0.4 is 14.4 Å². The molecular formula is C18H22N2O5S2. The average Bonchev–Trinajstić information content (AvgIpc) is 3.13. The van der Waals surface area contributed by atoms with Crippen molar-refractivity contribution in [1.29, 1.82) is 0 Å². The molecule has 0 saturated heterocycles. The van der Waals surface area contributed by atoms with Crippen LogP contribution in [0, 0.1) is 6.92 Å². The molecule has 3 rings (SSSR count). The molecule has 0 spiro atoms. The van der Waals surface area contributed by atoms with Gasteiger partial charge in [-0.25, -0.2) is 8.42 Å². The molecular weight excluding hydrogens is 388 g/mol. The molecule has 0 radical (unpaired) electrons. The summed E-state index contributed by atoms with van der Waals surface area (Å²) in [6.45, 7) is 2.30. The maximum atomic E-state index is 12.5. The third-order valence-corrected chi connectivity index (χ3v) is 6.17. The summed E-state index contributed by atoms with van der Waals surface area (Å²) >= 11 is 1.64. The fraction of sp³-hybridized carbons (Fsp3) is 0.389. The van der Waals surface area contributed by atoms with Crippen LogP contribution in [0.5, 0.6) is 5.75 Å². The molecule has 1 aliphatic heterocycles. The predicted molar refractivity (Wildman–Crippen MR) is 106 cm³/mol. The van der Waals surface area contributed by atoms with E-state index in [1.807, 2.05) is 25.1 Å². The van der Waals surface area contributed by atoms with Crippen LogP contribution in [0.4, 0.5) is 5.69 Å². The van der Waals surface area contributed by atoms with Gasteiger partial charge in [-0.15, -0.1) is 0 Å². The highest BCUT2D eigenvalue weighted by Gasteiger charge is 2.34. The van der Waals surface area contributed by atoms with E-state index in [0.717, 1.165) is 23.3 Å². The third kappa shape index (κ3) is 4.98. The molecule has 146 valence electrons. The molecule has 2 heterocycles. The van der Waals surface area contributed by atoms with E-state index in [-0.39, 0.29) is 12.5 Å². The standard InChI is InChI=1S/C18H22N2O5S2/c1-13-5-6-16-15(10-13)20(27(2,22)23)11-17(25-16)18(21)19-7-9-26-12-14-4-3-8-24-14/h3-6,8,10,17H,7,9,11-12H2,1-2H3,(H,19,21)/t17-/m1/s1. The van der Waals surface area contributed by atoms with Crippen molar-refractivity contribution in [2.75, 3.05) is 29.4 Å². The highest BCUT2D eigenvalue weighted by atomic mass is 32.2. The molecule has 1 aromatic heterocycles. The quantitative estimate of drug-likeness (QED) is 0.704. The Morgan fingerprint density at radius 1 is 1.37 bits per heavy atom. The number of nitrogens with one attached hydrogen (secondary N) is 1. The topological polar surface area (TPSA) is 88.9 Å². The van der Waals surface area contributed by atoms with E-state index in [0.29, 0.717) is 23.7 Å². The van der Waals surface area contributed by atoms with Crippen molar-refractivity contribution >= 4 is 33.4 Å². The van der Waals surface area contributed by atoms with E-state index in [4.69, 9.17) is 9.15 Å². The Balaban J connectivity index is 1.58. The second kappa shape index (κ2) is 8.26. The highest BCUT2D eigenvalue weighted by molar-refractivity contribution is 7.98. The lowest BCUT2D eigenvalue weighted by Crippen LogP contribution is -2.50. The Hall–Kier alpha value is -2.13. The normalized spacial score (nSPS) is 16.5. The number of anilines is 1. The predicted octanol–water partition coefficient (Wildman–Crippen LogP) is 2.16. The zero-order valence-electron chi connectivity index (χ0n) is 15.2. The largest absolute Gasteiger partial charge is 0.476 e. The molecule has 0 unspecified atom stereocenters. The summed E-state index contributed by atoms with van der Waals surface area (Å²) in [5.41, 5.74) is 1.39. The minimum Gasteiger partial charge on any atom is -0.476 e. The van der Waals surface area contributed by atoms with Crippen LogP contribution in [0.15, 0.2) is 41.0 Å². The van der Waals surface area contributed by atoms with Crippen LogP contribution >= 0.6 is 11.8 Å². The van der Waals surface area contributed by atoms with E-state index in [1.165, 1.54) is 4.31 Å². The molecule has 1 atom stereocenters. The Bertz CT molecular complexity index is 896. The number of furan rings is 1. The number of rotatable bonds is 7. The maximum absolute atomic E-state index is 12.5. The van der Waals surface area contributed by atoms with Crippen LogP contribution in [-0.4, -0.2) is 45.5 Å². The van der Waals surface area contributed by atoms with Gasteiger partial charge in [-0.2, -0.15) is 11.8 Å². The maximum Gasteiger partial charge on any atom is 0.263 e. The van der Waals surface area contributed by atoms with Crippen LogP contribution in [0.1, 0.15) is 11.3 Å². The summed E-state index contributed by atoms with van der Waals surface area (Å²) in [5, 5.41) is 2.81. The van der Waals surface area contributed by atoms with Gasteiger partial charge < -0.3 is 14.5 Å². The first kappa shape index (κ1) is 19.6. The first-order chi connectivity index (χ1) is 12.8. The van der Waals surface area contributed by atoms with Gasteiger partial charge in [-0.1, -0.05) is 6.07 Å². The summed E-state index contributed by atoms with van der Waals surface area (Å²) in [6.07, 6.45) is 1.88. The van der Waals surface area contributed by atoms with Gasteiger partial charge in [-0.3, -0.25) is 9.10 Å². The number of amides is 1. The number of fused-ring (bicyclic) bond motifs is 1. The van der Waals surface area contributed by atoms with Crippen molar-refractivity contribution in [3.8, 4) is 5.75 Å². The van der Waals surface area contributed by atoms with E-state index in [1.54, 1.807) is 30.2 Å². The summed E-state index contributed by atoms with van der Waals surface area (Å²) in [4.78, 5) is 12.5. The SMILES string of the molecule is Cc1ccc2c(c1)N(S(C)(=O)=O)C[C@H](C(=O)NCCSCc1ccco1)O2. The van der Waals surface area contributed by atoms with Crippen LogP contribution in [0.3, 0.4) is 0 Å². The fourth-order valence-corrected chi connectivity index (χ4v) is 4.40. The minimum absolute atomic E-state index is 0.0410. The number of nitrogens with zero attached hydrogens (tertiary/aromatic N) is 1. The number of benzene rings is 1. The van der Waals surface area contributed by atoms with Gasteiger partial charge in [0.2, 0.25) is 10.0 Å². The summed E-state index contributed by atoms with van der Waals surface area (Å²) in [6, 6.07) is 9.01. The molecule has 0 fully saturated rings. The first-order valence-electron chi connectivity index (χ1n) is 8.47. The van der Waals surface area contributed by atoms with Gasteiger partial charge in [0.25, 0.3) is 5.91 Å². The number of ether oxygens (including phenoxy) is 1. The molecule has 1 aliphatic rings. The van der Waals surface area contributed by atoms with Crippen molar-refractivity contribution in [2.24, 2.45) is 0 Å². The van der Waals surface area contributed by atoms with E-state index < -0.39 is 16.1 Å². The number of thioether (sulfide) groups is 1. The lowest BCUT2D eigenvalue weighted by molar-refractivity contribution is -0.127. The van der Waals surface area contributed by atoms with E-state index in [2.05, 4.69) is 5.32 Å². The second-order valence-electron chi connectivity index (χ2n) is 6.29. The van der Waals surface area contributed by atoms with Gasteiger partial charge in [0.1, 0.15) is 11.5 Å². The molecule has 0 bridgehead atoms. The third-order valence-electron chi connectivity index (χ3n) is 4.05. The summed E-state index contributed by atoms with van der Waals surface area (Å²) < 4.78 is 36.6. The lowest BCUT2D eigenvalue weighted by Gasteiger charge is -2.34. The van der Waals surface area contributed by atoms with E-state index >= 15 is 0 Å². The number of aryl methyl sites for hydroxylation is 1. The summed E-state index contributed by atoms with van der Waals surface area (Å²) in [7, 11) is -3.52. The highest BCUT2D eigenvalue weighted by Crippen LogP contribution is 2.35. The second-order valence-corrected chi connectivity index (χ2v) is 9.31. The van der Waals surface area contributed by atoms with Crippen molar-refractivity contribution in [1.82, 2.24) is 5.32 Å². The molecule has 1 amide bonds. The van der Waals surface area contributed by atoms with Crippen molar-refractivity contribution in [2.45, 2.75) is 18.8 Å². The van der Waals surface area contributed by atoms with Crippen LogP contribution in [0.25, 0.3) is 0 Å². The number of carbonyl (C=O) groups is 1. The molecule has 1 aromatic carbocycles. The minimum atomic E-state index is -3.52. The molecule has 7 nitrogen and oxygen atoms in total.